The molecule has 3 rings (SSSR count). The molecule has 1 unspecified atom stereocenters. The summed E-state index contributed by atoms with van der Waals surface area (Å²) in [7, 11) is 1.83. The molecule has 1 atom stereocenters. The van der Waals surface area contributed by atoms with Crippen LogP contribution in [0.15, 0.2) is 47.7 Å². The molecular weight excluding hydrogens is 336 g/mol. The van der Waals surface area contributed by atoms with E-state index in [1.165, 1.54) is 37.1 Å². The lowest BCUT2D eigenvalue weighted by atomic mass is 10.1. The highest BCUT2D eigenvalue weighted by atomic mass is 15.3. The molecule has 1 saturated heterocycles. The molecule has 1 fully saturated rings. The zero-order chi connectivity index (χ0) is 18.9. The molecule has 0 aliphatic carbocycles. The van der Waals surface area contributed by atoms with Gasteiger partial charge in [0.15, 0.2) is 5.96 Å². The number of guanidine groups is 1. The van der Waals surface area contributed by atoms with Gasteiger partial charge >= 0.3 is 0 Å². The minimum absolute atomic E-state index is 0.388. The highest BCUT2D eigenvalue weighted by Gasteiger charge is 2.23. The second-order valence-electron chi connectivity index (χ2n) is 7.18. The summed E-state index contributed by atoms with van der Waals surface area (Å²) in [4.78, 5) is 6.96. The summed E-state index contributed by atoms with van der Waals surface area (Å²) >= 11 is 0. The van der Waals surface area contributed by atoms with E-state index in [2.05, 4.69) is 69.1 Å². The molecule has 2 aromatic rings. The fourth-order valence-electron chi connectivity index (χ4n) is 3.64. The van der Waals surface area contributed by atoms with Crippen molar-refractivity contribution in [3.63, 3.8) is 0 Å². The molecule has 1 aliphatic heterocycles. The Labute approximate surface area is 162 Å². The Morgan fingerprint density at radius 3 is 2.63 bits per heavy atom. The number of nitrogens with one attached hydrogen (secondary N) is 2. The number of likely N-dealkylation sites (tertiary alicyclic amines) is 1. The van der Waals surface area contributed by atoms with Gasteiger partial charge in [-0.15, -0.1) is 0 Å². The van der Waals surface area contributed by atoms with Crippen molar-refractivity contribution in [2.24, 2.45) is 4.99 Å². The standard InChI is InChI=1S/C21H32N6/c1-18-15-25-27(17-18)14-8-11-23-21(22-2)24-16-20(26-12-6-7-13-26)19-9-4-3-5-10-19/h3-5,9-10,15,17,20H,6-8,11-14,16H2,1-2H3,(H2,22,23,24). The van der Waals surface area contributed by atoms with Crippen LogP contribution in [-0.2, 0) is 6.54 Å². The summed E-state index contributed by atoms with van der Waals surface area (Å²) in [6, 6.07) is 11.2. The van der Waals surface area contributed by atoms with E-state index >= 15 is 0 Å². The molecule has 0 saturated carbocycles. The number of rotatable bonds is 8. The lowest BCUT2D eigenvalue weighted by Gasteiger charge is -2.29. The monoisotopic (exact) mass is 368 g/mol. The Morgan fingerprint density at radius 2 is 1.96 bits per heavy atom. The molecule has 0 spiro atoms. The van der Waals surface area contributed by atoms with Gasteiger partial charge in [0.1, 0.15) is 0 Å². The minimum atomic E-state index is 0.388. The van der Waals surface area contributed by atoms with E-state index in [9.17, 15) is 0 Å². The van der Waals surface area contributed by atoms with Crippen LogP contribution in [-0.4, -0.2) is 53.9 Å². The Morgan fingerprint density at radius 1 is 1.19 bits per heavy atom. The van der Waals surface area contributed by atoms with Crippen molar-refractivity contribution in [3.05, 3.63) is 53.9 Å². The maximum atomic E-state index is 4.38. The molecule has 1 aliphatic rings. The van der Waals surface area contributed by atoms with Crippen LogP contribution in [0.3, 0.4) is 0 Å². The fourth-order valence-corrected chi connectivity index (χ4v) is 3.64. The van der Waals surface area contributed by atoms with Crippen molar-refractivity contribution >= 4 is 5.96 Å². The van der Waals surface area contributed by atoms with Gasteiger partial charge in [-0.1, -0.05) is 30.3 Å². The van der Waals surface area contributed by atoms with Gasteiger partial charge in [-0.25, -0.2) is 0 Å². The molecule has 2 heterocycles. The average molecular weight is 369 g/mol. The van der Waals surface area contributed by atoms with Crippen LogP contribution in [0.4, 0.5) is 0 Å². The van der Waals surface area contributed by atoms with Crippen LogP contribution >= 0.6 is 0 Å². The predicted octanol–water partition coefficient (Wildman–Crippen LogP) is 2.58. The molecule has 27 heavy (non-hydrogen) atoms. The molecule has 1 aromatic heterocycles. The number of hydrogen-bond donors (Lipinski definition) is 2. The second-order valence-corrected chi connectivity index (χ2v) is 7.18. The summed E-state index contributed by atoms with van der Waals surface area (Å²) in [6.45, 7) is 7.07. The lowest BCUT2D eigenvalue weighted by Crippen LogP contribution is -2.43. The van der Waals surface area contributed by atoms with Crippen LogP contribution < -0.4 is 10.6 Å². The van der Waals surface area contributed by atoms with Crippen molar-refractivity contribution in [2.45, 2.75) is 38.8 Å². The summed E-state index contributed by atoms with van der Waals surface area (Å²) in [5, 5.41) is 11.3. The molecule has 6 nitrogen and oxygen atoms in total. The summed E-state index contributed by atoms with van der Waals surface area (Å²) in [6.07, 6.45) is 7.58. The fraction of sp³-hybridized carbons (Fsp3) is 0.524. The van der Waals surface area contributed by atoms with Crippen molar-refractivity contribution in [2.75, 3.05) is 33.2 Å². The molecule has 0 amide bonds. The van der Waals surface area contributed by atoms with Crippen LogP contribution in [0.5, 0.6) is 0 Å². The maximum absolute atomic E-state index is 4.38. The minimum Gasteiger partial charge on any atom is -0.356 e. The van der Waals surface area contributed by atoms with Gasteiger partial charge in [-0.2, -0.15) is 5.10 Å². The summed E-state index contributed by atoms with van der Waals surface area (Å²) in [5.74, 6) is 0.867. The highest BCUT2D eigenvalue weighted by molar-refractivity contribution is 5.79. The first-order chi connectivity index (χ1) is 13.3. The first-order valence-corrected chi connectivity index (χ1v) is 9.99. The van der Waals surface area contributed by atoms with Gasteiger partial charge in [-0.3, -0.25) is 14.6 Å². The van der Waals surface area contributed by atoms with E-state index in [-0.39, 0.29) is 0 Å². The third-order valence-corrected chi connectivity index (χ3v) is 5.07. The van der Waals surface area contributed by atoms with Gasteiger partial charge in [0.05, 0.1) is 12.2 Å². The molecular formula is C21H32N6. The van der Waals surface area contributed by atoms with E-state index in [0.717, 1.165) is 32.0 Å². The van der Waals surface area contributed by atoms with E-state index in [0.29, 0.717) is 6.04 Å². The van der Waals surface area contributed by atoms with Gasteiger partial charge in [0, 0.05) is 32.9 Å². The number of benzene rings is 1. The van der Waals surface area contributed by atoms with Gasteiger partial charge < -0.3 is 10.6 Å². The third kappa shape index (κ3) is 5.82. The first-order valence-electron chi connectivity index (χ1n) is 9.99. The zero-order valence-corrected chi connectivity index (χ0v) is 16.6. The van der Waals surface area contributed by atoms with Crippen molar-refractivity contribution in [1.82, 2.24) is 25.3 Å². The predicted molar refractivity (Wildman–Crippen MR) is 111 cm³/mol. The van der Waals surface area contributed by atoms with Gasteiger partial charge in [0.2, 0.25) is 0 Å². The van der Waals surface area contributed by atoms with Gasteiger partial charge in [-0.05, 0) is 50.4 Å². The van der Waals surface area contributed by atoms with Crippen LogP contribution in [0.25, 0.3) is 0 Å². The Bertz CT molecular complexity index is 702. The Kier molecular flexibility index (Phi) is 7.27. The van der Waals surface area contributed by atoms with E-state index in [1.807, 2.05) is 17.9 Å². The molecule has 6 heteroatoms. The largest absolute Gasteiger partial charge is 0.356 e. The van der Waals surface area contributed by atoms with Crippen molar-refractivity contribution in [1.29, 1.82) is 0 Å². The summed E-state index contributed by atoms with van der Waals surface area (Å²) in [5.41, 5.74) is 2.57. The normalized spacial score (nSPS) is 16.4. The second kappa shape index (κ2) is 10.1. The van der Waals surface area contributed by atoms with Gasteiger partial charge in [0.25, 0.3) is 0 Å². The molecule has 1 aromatic carbocycles. The van der Waals surface area contributed by atoms with Crippen LogP contribution in [0, 0.1) is 6.92 Å². The van der Waals surface area contributed by atoms with Crippen molar-refractivity contribution < 1.29 is 0 Å². The molecule has 0 bridgehead atoms. The molecule has 0 radical (unpaired) electrons. The molecule has 2 N–H and O–H groups in total. The van der Waals surface area contributed by atoms with Crippen molar-refractivity contribution in [3.8, 4) is 0 Å². The first kappa shape index (κ1) is 19.4. The highest BCUT2D eigenvalue weighted by Crippen LogP contribution is 2.24. The smallest absolute Gasteiger partial charge is 0.191 e. The van der Waals surface area contributed by atoms with E-state index in [1.54, 1.807) is 0 Å². The topological polar surface area (TPSA) is 57.5 Å². The maximum Gasteiger partial charge on any atom is 0.191 e. The summed E-state index contributed by atoms with van der Waals surface area (Å²) < 4.78 is 1.99. The SMILES string of the molecule is CN=C(NCCCn1cc(C)cn1)NCC(c1ccccc1)N1CCCC1. The number of aliphatic imine (C=N–C) groups is 1. The Balaban J connectivity index is 1.47. The average Bonchev–Trinajstić information content (AvgIpc) is 3.36. The zero-order valence-electron chi connectivity index (χ0n) is 16.6. The lowest BCUT2D eigenvalue weighted by molar-refractivity contribution is 0.245. The number of aryl methyl sites for hydroxylation is 2. The van der Waals surface area contributed by atoms with Crippen LogP contribution in [0.1, 0.15) is 36.4 Å². The van der Waals surface area contributed by atoms with E-state index < -0.39 is 0 Å². The van der Waals surface area contributed by atoms with E-state index in [4.69, 9.17) is 0 Å². The third-order valence-electron chi connectivity index (χ3n) is 5.07. The quantitative estimate of drug-likeness (QED) is 0.427. The number of nitrogens with zero attached hydrogens (tertiary/aromatic N) is 4. The number of hydrogen-bond acceptors (Lipinski definition) is 3. The Hall–Kier alpha value is -2.34. The molecule has 146 valence electrons. The van der Waals surface area contributed by atoms with Crippen LogP contribution in [0.2, 0.25) is 0 Å². The number of aromatic nitrogens is 2.